The summed E-state index contributed by atoms with van der Waals surface area (Å²) in [6.45, 7) is 1.06. The molecule has 0 saturated heterocycles. The van der Waals surface area contributed by atoms with Gasteiger partial charge in [-0.05, 0) is 0 Å². The SMILES string of the molecule is CNc1nc(OC)nc(N(C)CC(=O)NCCOC)n1. The number of anilines is 2. The van der Waals surface area contributed by atoms with E-state index in [0.717, 1.165) is 0 Å². The van der Waals surface area contributed by atoms with E-state index in [1.807, 2.05) is 0 Å². The Bertz CT molecular complexity index is 420. The van der Waals surface area contributed by atoms with E-state index in [-0.39, 0.29) is 18.5 Å². The number of hydrogen-bond acceptors (Lipinski definition) is 8. The fraction of sp³-hybridized carbons (Fsp3) is 0.636. The summed E-state index contributed by atoms with van der Waals surface area (Å²) in [6, 6.07) is 0.186. The molecule has 1 aromatic rings. The summed E-state index contributed by atoms with van der Waals surface area (Å²) in [5.74, 6) is 0.580. The van der Waals surface area contributed by atoms with Crippen LogP contribution in [0, 0.1) is 0 Å². The smallest absolute Gasteiger partial charge is 0.322 e. The molecule has 0 radical (unpaired) electrons. The van der Waals surface area contributed by atoms with Crippen molar-refractivity contribution in [2.24, 2.45) is 0 Å². The zero-order chi connectivity index (χ0) is 15.0. The third-order valence-electron chi connectivity index (χ3n) is 2.36. The van der Waals surface area contributed by atoms with Crippen LogP contribution in [0.3, 0.4) is 0 Å². The Morgan fingerprint density at radius 1 is 1.30 bits per heavy atom. The molecule has 0 aliphatic heterocycles. The van der Waals surface area contributed by atoms with Gasteiger partial charge in [0.15, 0.2) is 0 Å². The Labute approximate surface area is 117 Å². The first-order valence-corrected chi connectivity index (χ1v) is 6.05. The molecule has 9 heteroatoms. The zero-order valence-corrected chi connectivity index (χ0v) is 12.1. The van der Waals surface area contributed by atoms with Gasteiger partial charge in [-0.25, -0.2) is 0 Å². The highest BCUT2D eigenvalue weighted by molar-refractivity contribution is 5.80. The number of ether oxygens (including phenoxy) is 2. The third kappa shape index (κ3) is 4.84. The van der Waals surface area contributed by atoms with Crippen LogP contribution in [0.4, 0.5) is 11.9 Å². The second-order valence-corrected chi connectivity index (χ2v) is 3.89. The van der Waals surface area contributed by atoms with Gasteiger partial charge >= 0.3 is 6.01 Å². The van der Waals surface area contributed by atoms with Crippen LogP contribution in [-0.4, -0.2) is 68.9 Å². The van der Waals surface area contributed by atoms with E-state index < -0.39 is 0 Å². The van der Waals surface area contributed by atoms with Gasteiger partial charge in [-0.1, -0.05) is 0 Å². The average Bonchev–Trinajstić information content (AvgIpc) is 2.46. The van der Waals surface area contributed by atoms with Crippen LogP contribution in [-0.2, 0) is 9.53 Å². The van der Waals surface area contributed by atoms with E-state index in [2.05, 4.69) is 25.6 Å². The number of carbonyl (C=O) groups excluding carboxylic acids is 1. The number of nitrogens with one attached hydrogen (secondary N) is 2. The first-order valence-electron chi connectivity index (χ1n) is 6.05. The van der Waals surface area contributed by atoms with Crippen molar-refractivity contribution in [3.63, 3.8) is 0 Å². The molecule has 1 rings (SSSR count). The van der Waals surface area contributed by atoms with Gasteiger partial charge in [-0.2, -0.15) is 15.0 Å². The molecule has 1 amide bonds. The number of rotatable bonds is 8. The van der Waals surface area contributed by atoms with Crippen molar-refractivity contribution in [1.82, 2.24) is 20.3 Å². The number of likely N-dealkylation sites (N-methyl/N-ethyl adjacent to an activating group) is 1. The summed E-state index contributed by atoms with van der Waals surface area (Å²) in [5.41, 5.74) is 0. The molecule has 20 heavy (non-hydrogen) atoms. The monoisotopic (exact) mass is 284 g/mol. The largest absolute Gasteiger partial charge is 0.467 e. The summed E-state index contributed by atoms with van der Waals surface area (Å²) in [6.07, 6.45) is 0. The van der Waals surface area contributed by atoms with Crippen molar-refractivity contribution in [3.8, 4) is 6.01 Å². The van der Waals surface area contributed by atoms with Crippen LogP contribution in [0.1, 0.15) is 0 Å². The van der Waals surface area contributed by atoms with E-state index in [1.54, 1.807) is 26.1 Å². The molecule has 0 aliphatic rings. The van der Waals surface area contributed by atoms with Crippen LogP contribution >= 0.6 is 0 Å². The molecule has 0 saturated carbocycles. The van der Waals surface area contributed by atoms with Gasteiger partial charge in [0.1, 0.15) is 0 Å². The maximum absolute atomic E-state index is 11.7. The number of methoxy groups -OCH3 is 2. The lowest BCUT2D eigenvalue weighted by atomic mass is 10.5. The second-order valence-electron chi connectivity index (χ2n) is 3.89. The Morgan fingerprint density at radius 3 is 2.65 bits per heavy atom. The minimum absolute atomic E-state index is 0.125. The van der Waals surface area contributed by atoms with Crippen molar-refractivity contribution in [3.05, 3.63) is 0 Å². The highest BCUT2D eigenvalue weighted by Gasteiger charge is 2.13. The minimum atomic E-state index is -0.144. The second kappa shape index (κ2) is 8.10. The van der Waals surface area contributed by atoms with E-state index >= 15 is 0 Å². The summed E-state index contributed by atoms with van der Waals surface area (Å²) < 4.78 is 9.84. The van der Waals surface area contributed by atoms with Crippen LogP contribution in [0.25, 0.3) is 0 Å². The lowest BCUT2D eigenvalue weighted by molar-refractivity contribution is -0.119. The van der Waals surface area contributed by atoms with Crippen molar-refractivity contribution >= 4 is 17.8 Å². The fourth-order valence-corrected chi connectivity index (χ4v) is 1.35. The summed E-state index contributed by atoms with van der Waals surface area (Å²) in [7, 11) is 6.45. The van der Waals surface area contributed by atoms with Gasteiger partial charge in [0, 0.05) is 27.7 Å². The topological polar surface area (TPSA) is 102 Å². The summed E-state index contributed by atoms with van der Waals surface area (Å²) in [5, 5.41) is 5.52. The summed E-state index contributed by atoms with van der Waals surface area (Å²) in [4.78, 5) is 25.5. The molecule has 1 aromatic heterocycles. The van der Waals surface area contributed by atoms with Crippen LogP contribution in [0.15, 0.2) is 0 Å². The lowest BCUT2D eigenvalue weighted by Gasteiger charge is -2.17. The molecule has 112 valence electrons. The van der Waals surface area contributed by atoms with E-state index in [1.165, 1.54) is 7.11 Å². The third-order valence-corrected chi connectivity index (χ3v) is 2.36. The minimum Gasteiger partial charge on any atom is -0.467 e. The molecule has 0 aromatic carbocycles. The molecule has 0 unspecified atom stereocenters. The predicted octanol–water partition coefficient (Wildman–Crippen LogP) is -0.879. The highest BCUT2D eigenvalue weighted by atomic mass is 16.5. The quantitative estimate of drug-likeness (QED) is 0.593. The molecule has 0 fully saturated rings. The number of amides is 1. The van der Waals surface area contributed by atoms with Gasteiger partial charge in [-0.3, -0.25) is 4.79 Å². The highest BCUT2D eigenvalue weighted by Crippen LogP contribution is 2.12. The molecule has 1 heterocycles. The Kier molecular flexibility index (Phi) is 6.44. The lowest BCUT2D eigenvalue weighted by Crippen LogP contribution is -2.37. The van der Waals surface area contributed by atoms with Gasteiger partial charge < -0.3 is 25.0 Å². The van der Waals surface area contributed by atoms with Crippen LogP contribution in [0.5, 0.6) is 6.01 Å². The molecule has 0 aliphatic carbocycles. The number of carbonyl (C=O) groups is 1. The molecule has 0 atom stereocenters. The van der Waals surface area contributed by atoms with Gasteiger partial charge in [-0.15, -0.1) is 0 Å². The van der Waals surface area contributed by atoms with Gasteiger partial charge in [0.2, 0.25) is 17.8 Å². The van der Waals surface area contributed by atoms with Crippen molar-refractivity contribution in [2.75, 3.05) is 58.2 Å². The molecular formula is C11H20N6O3. The van der Waals surface area contributed by atoms with E-state index in [9.17, 15) is 4.79 Å². The Balaban J connectivity index is 2.66. The summed E-state index contributed by atoms with van der Waals surface area (Å²) >= 11 is 0. The maximum atomic E-state index is 11.7. The zero-order valence-electron chi connectivity index (χ0n) is 12.1. The Morgan fingerprint density at radius 2 is 2.05 bits per heavy atom. The van der Waals surface area contributed by atoms with Crippen molar-refractivity contribution < 1.29 is 14.3 Å². The average molecular weight is 284 g/mol. The standard InChI is InChI=1S/C11H20N6O3/c1-12-9-14-10(16-11(15-9)20-4)17(2)7-8(18)13-5-6-19-3/h5-7H2,1-4H3,(H,13,18)(H,12,14,15,16). The van der Waals surface area contributed by atoms with Gasteiger partial charge in [0.25, 0.3) is 0 Å². The number of hydrogen-bond donors (Lipinski definition) is 2. The predicted molar refractivity (Wildman–Crippen MR) is 74.1 cm³/mol. The molecular weight excluding hydrogens is 264 g/mol. The first kappa shape index (κ1) is 15.9. The van der Waals surface area contributed by atoms with Crippen LogP contribution < -0.4 is 20.3 Å². The van der Waals surface area contributed by atoms with E-state index in [4.69, 9.17) is 9.47 Å². The van der Waals surface area contributed by atoms with Gasteiger partial charge in [0.05, 0.1) is 20.3 Å². The first-order chi connectivity index (χ1) is 9.60. The fourth-order valence-electron chi connectivity index (χ4n) is 1.35. The maximum Gasteiger partial charge on any atom is 0.322 e. The van der Waals surface area contributed by atoms with E-state index in [0.29, 0.717) is 25.0 Å². The van der Waals surface area contributed by atoms with Crippen molar-refractivity contribution in [1.29, 1.82) is 0 Å². The molecule has 2 N–H and O–H groups in total. The normalized spacial score (nSPS) is 10.0. The van der Waals surface area contributed by atoms with Crippen LogP contribution in [0.2, 0.25) is 0 Å². The molecule has 0 spiro atoms. The molecule has 0 bridgehead atoms. The Hall–Kier alpha value is -2.16. The molecule has 9 nitrogen and oxygen atoms in total. The van der Waals surface area contributed by atoms with Crippen molar-refractivity contribution in [2.45, 2.75) is 0 Å². The number of nitrogens with zero attached hydrogens (tertiary/aromatic N) is 4. The number of aromatic nitrogens is 3.